The van der Waals surface area contributed by atoms with Gasteiger partial charge in [-0.05, 0) is 24.6 Å². The molecule has 27 heavy (non-hydrogen) atoms. The van der Waals surface area contributed by atoms with Gasteiger partial charge in [0.2, 0.25) is 5.75 Å². The van der Waals surface area contributed by atoms with Gasteiger partial charge in [0.15, 0.2) is 17.5 Å². The van der Waals surface area contributed by atoms with Crippen molar-refractivity contribution in [2.75, 3.05) is 31.8 Å². The molecule has 2 aliphatic rings. The molecule has 2 aromatic rings. The normalized spacial score (nSPS) is 21.0. The molecule has 7 nitrogen and oxygen atoms in total. The van der Waals surface area contributed by atoms with Crippen molar-refractivity contribution in [3.63, 3.8) is 0 Å². The molecule has 0 aliphatic carbocycles. The second-order valence-corrected chi connectivity index (χ2v) is 6.88. The SMILES string of the molecule is COc1c(OCc2ccc(F)c(F)c2)nc(=O)n2c1N1CCOC[C@@]1(C)C2. The highest BCUT2D eigenvalue weighted by Gasteiger charge is 2.45. The number of hydrogen-bond donors (Lipinski definition) is 0. The Morgan fingerprint density at radius 1 is 1.33 bits per heavy atom. The van der Waals surface area contributed by atoms with E-state index in [1.807, 2.05) is 6.92 Å². The van der Waals surface area contributed by atoms with Crippen molar-refractivity contribution in [2.24, 2.45) is 0 Å². The summed E-state index contributed by atoms with van der Waals surface area (Å²) in [7, 11) is 1.48. The van der Waals surface area contributed by atoms with Crippen molar-refractivity contribution >= 4 is 5.82 Å². The van der Waals surface area contributed by atoms with Gasteiger partial charge in [-0.25, -0.2) is 13.6 Å². The maximum atomic E-state index is 13.4. The Morgan fingerprint density at radius 2 is 2.15 bits per heavy atom. The quantitative estimate of drug-likeness (QED) is 0.806. The molecule has 3 heterocycles. The number of hydrogen-bond acceptors (Lipinski definition) is 6. The summed E-state index contributed by atoms with van der Waals surface area (Å²) >= 11 is 0. The van der Waals surface area contributed by atoms with Crippen molar-refractivity contribution in [2.45, 2.75) is 25.6 Å². The van der Waals surface area contributed by atoms with Crippen molar-refractivity contribution in [1.29, 1.82) is 0 Å². The van der Waals surface area contributed by atoms with Crippen LogP contribution in [0.15, 0.2) is 23.0 Å². The lowest BCUT2D eigenvalue weighted by Crippen LogP contribution is -2.53. The van der Waals surface area contributed by atoms with Crippen molar-refractivity contribution in [1.82, 2.24) is 9.55 Å². The predicted octanol–water partition coefficient (Wildman–Crippen LogP) is 1.72. The fraction of sp³-hybridized carbons (Fsp3) is 0.444. The summed E-state index contributed by atoms with van der Waals surface area (Å²) in [5, 5.41) is 0. The van der Waals surface area contributed by atoms with E-state index in [1.165, 1.54) is 13.2 Å². The average molecular weight is 379 g/mol. The smallest absolute Gasteiger partial charge is 0.352 e. The van der Waals surface area contributed by atoms with Crippen molar-refractivity contribution in [3.8, 4) is 11.6 Å². The lowest BCUT2D eigenvalue weighted by molar-refractivity contribution is 0.0585. The van der Waals surface area contributed by atoms with Crippen LogP contribution in [0.4, 0.5) is 14.6 Å². The van der Waals surface area contributed by atoms with Crippen LogP contribution in [0.1, 0.15) is 12.5 Å². The Morgan fingerprint density at radius 3 is 2.89 bits per heavy atom. The van der Waals surface area contributed by atoms with Crippen LogP contribution in [-0.2, 0) is 17.9 Å². The largest absolute Gasteiger partial charge is 0.489 e. The summed E-state index contributed by atoms with van der Waals surface area (Å²) in [6.07, 6.45) is 0. The van der Waals surface area contributed by atoms with Gasteiger partial charge < -0.3 is 19.1 Å². The highest BCUT2D eigenvalue weighted by Crippen LogP contribution is 2.43. The number of methoxy groups -OCH3 is 1. The zero-order valence-electron chi connectivity index (χ0n) is 15.0. The van der Waals surface area contributed by atoms with Gasteiger partial charge in [-0.3, -0.25) is 4.57 Å². The number of halogens is 2. The molecule has 0 bridgehead atoms. The molecule has 0 unspecified atom stereocenters. The first kappa shape index (κ1) is 17.7. The first-order valence-corrected chi connectivity index (χ1v) is 8.54. The minimum absolute atomic E-state index is 0.0224. The summed E-state index contributed by atoms with van der Waals surface area (Å²) in [6.45, 7) is 4.01. The maximum absolute atomic E-state index is 13.4. The molecule has 1 atom stereocenters. The van der Waals surface area contributed by atoms with Crippen LogP contribution in [0.3, 0.4) is 0 Å². The van der Waals surface area contributed by atoms with E-state index >= 15 is 0 Å². The number of fused-ring (bicyclic) bond motifs is 3. The third kappa shape index (κ3) is 2.91. The fourth-order valence-corrected chi connectivity index (χ4v) is 3.60. The Kier molecular flexibility index (Phi) is 4.26. The lowest BCUT2D eigenvalue weighted by atomic mass is 10.0. The average Bonchev–Trinajstić information content (AvgIpc) is 2.97. The molecule has 0 saturated carbocycles. The van der Waals surface area contributed by atoms with E-state index in [4.69, 9.17) is 14.2 Å². The summed E-state index contributed by atoms with van der Waals surface area (Å²) in [4.78, 5) is 18.6. The molecular weight excluding hydrogens is 360 g/mol. The molecule has 1 aromatic heterocycles. The number of rotatable bonds is 4. The minimum Gasteiger partial charge on any atom is -0.489 e. The molecule has 0 amide bonds. The molecule has 9 heteroatoms. The highest BCUT2D eigenvalue weighted by molar-refractivity contribution is 5.62. The molecule has 0 radical (unpaired) electrons. The third-order valence-electron chi connectivity index (χ3n) is 4.92. The third-order valence-corrected chi connectivity index (χ3v) is 4.92. The molecule has 2 aliphatic heterocycles. The predicted molar refractivity (Wildman–Crippen MR) is 92.3 cm³/mol. The van der Waals surface area contributed by atoms with E-state index in [1.54, 1.807) is 4.57 Å². The molecule has 1 fully saturated rings. The van der Waals surface area contributed by atoms with Gasteiger partial charge in [-0.15, -0.1) is 0 Å². The lowest BCUT2D eigenvalue weighted by Gasteiger charge is -2.39. The Hall–Kier alpha value is -2.68. The van der Waals surface area contributed by atoms with E-state index in [-0.39, 0.29) is 18.0 Å². The Balaban J connectivity index is 1.69. The minimum atomic E-state index is -0.964. The summed E-state index contributed by atoms with van der Waals surface area (Å²) in [5.41, 5.74) is -0.408. The van der Waals surface area contributed by atoms with Crippen LogP contribution in [0.5, 0.6) is 11.6 Å². The Labute approximate surface area is 154 Å². The second kappa shape index (κ2) is 6.49. The highest BCUT2D eigenvalue weighted by atomic mass is 19.2. The van der Waals surface area contributed by atoms with E-state index in [2.05, 4.69) is 9.88 Å². The monoisotopic (exact) mass is 379 g/mol. The number of ether oxygens (including phenoxy) is 3. The van der Waals surface area contributed by atoms with Crippen LogP contribution in [-0.4, -0.2) is 42.0 Å². The number of anilines is 1. The van der Waals surface area contributed by atoms with Gasteiger partial charge in [0, 0.05) is 6.54 Å². The summed E-state index contributed by atoms with van der Waals surface area (Å²) < 4.78 is 44.7. The van der Waals surface area contributed by atoms with Crippen LogP contribution in [0, 0.1) is 11.6 Å². The van der Waals surface area contributed by atoms with Gasteiger partial charge in [0.05, 0.1) is 32.4 Å². The van der Waals surface area contributed by atoms with Crippen LogP contribution < -0.4 is 20.1 Å². The second-order valence-electron chi connectivity index (χ2n) is 6.88. The van der Waals surface area contributed by atoms with Gasteiger partial charge in [-0.2, -0.15) is 4.98 Å². The first-order valence-electron chi connectivity index (χ1n) is 8.54. The summed E-state index contributed by atoms with van der Waals surface area (Å²) in [5.74, 6) is -0.938. The van der Waals surface area contributed by atoms with Crippen LogP contribution >= 0.6 is 0 Å². The zero-order chi connectivity index (χ0) is 19.2. The Bertz CT molecular complexity index is 949. The number of nitrogens with zero attached hydrogens (tertiary/aromatic N) is 3. The molecule has 0 N–H and O–H groups in total. The molecular formula is C18H19F2N3O4. The maximum Gasteiger partial charge on any atom is 0.352 e. The van der Waals surface area contributed by atoms with Crippen LogP contribution in [0.25, 0.3) is 0 Å². The fourth-order valence-electron chi connectivity index (χ4n) is 3.60. The van der Waals surface area contributed by atoms with Crippen LogP contribution in [0.2, 0.25) is 0 Å². The van der Waals surface area contributed by atoms with Gasteiger partial charge in [-0.1, -0.05) is 6.07 Å². The summed E-state index contributed by atoms with van der Waals surface area (Å²) in [6, 6.07) is 3.47. The van der Waals surface area contributed by atoms with E-state index in [0.717, 1.165) is 12.1 Å². The molecule has 1 aromatic carbocycles. The van der Waals surface area contributed by atoms with Gasteiger partial charge >= 0.3 is 5.69 Å². The number of morpholine rings is 1. The molecule has 4 rings (SSSR count). The number of aromatic nitrogens is 2. The molecule has 0 spiro atoms. The molecule has 144 valence electrons. The molecule has 1 saturated heterocycles. The van der Waals surface area contributed by atoms with E-state index < -0.39 is 17.3 Å². The van der Waals surface area contributed by atoms with E-state index in [0.29, 0.717) is 43.4 Å². The van der Waals surface area contributed by atoms with Crippen molar-refractivity contribution < 1.29 is 23.0 Å². The van der Waals surface area contributed by atoms with E-state index in [9.17, 15) is 13.6 Å². The van der Waals surface area contributed by atoms with Gasteiger partial charge in [0.25, 0.3) is 5.88 Å². The van der Waals surface area contributed by atoms with Gasteiger partial charge in [0.1, 0.15) is 6.61 Å². The number of benzene rings is 1. The topological polar surface area (TPSA) is 65.8 Å². The zero-order valence-corrected chi connectivity index (χ0v) is 15.0. The first-order chi connectivity index (χ1) is 12.9. The van der Waals surface area contributed by atoms with Crippen molar-refractivity contribution in [3.05, 3.63) is 45.9 Å². The standard InChI is InChI=1S/C18H19F2N3O4/c1-18-9-22-16(23(18)5-6-26-10-18)14(25-2)15(21-17(22)24)27-8-11-3-4-12(19)13(20)7-11/h3-4,7H,5-6,8-10H2,1-2H3/t18-/m1/s1.